The van der Waals surface area contributed by atoms with Gasteiger partial charge in [-0.1, -0.05) is 12.1 Å². The maximum Gasteiger partial charge on any atom is 0.227 e. The van der Waals surface area contributed by atoms with Crippen molar-refractivity contribution >= 4 is 39.2 Å². The van der Waals surface area contributed by atoms with Crippen LogP contribution in [-0.2, 0) is 9.84 Å². The van der Waals surface area contributed by atoms with Crippen molar-refractivity contribution in [1.29, 1.82) is 0 Å². The number of sulfone groups is 1. The lowest BCUT2D eigenvalue weighted by molar-refractivity contribution is 0.593. The summed E-state index contributed by atoms with van der Waals surface area (Å²) in [6, 6.07) is 8.28. The molecule has 0 saturated heterocycles. The summed E-state index contributed by atoms with van der Waals surface area (Å²) >= 11 is 0. The van der Waals surface area contributed by atoms with Crippen LogP contribution in [-0.4, -0.2) is 23.4 Å². The van der Waals surface area contributed by atoms with Crippen LogP contribution in [0.15, 0.2) is 46.5 Å². The fourth-order valence-corrected chi connectivity index (χ4v) is 3.31. The molecule has 0 saturated carbocycles. The van der Waals surface area contributed by atoms with Crippen LogP contribution in [0.5, 0.6) is 0 Å². The molecule has 2 aromatic heterocycles. The summed E-state index contributed by atoms with van der Waals surface area (Å²) in [6.07, 6.45) is 1.63. The lowest BCUT2D eigenvalue weighted by atomic mass is 10.2. The monoisotopic (exact) mass is 324 g/mol. The molecule has 1 aromatic carbocycles. The van der Waals surface area contributed by atoms with E-state index in [4.69, 9.17) is 5.73 Å². The number of halogens is 1. The summed E-state index contributed by atoms with van der Waals surface area (Å²) in [7, 11) is -3.78. The fourth-order valence-electron chi connectivity index (χ4n) is 1.96. The number of nitrogens with zero attached hydrogens (tertiary/aromatic N) is 2. The summed E-state index contributed by atoms with van der Waals surface area (Å²) in [6.45, 7) is 1.82. The Bertz CT molecular complexity index is 905. The lowest BCUT2D eigenvalue weighted by Crippen LogP contribution is -2.10. The quantitative estimate of drug-likeness (QED) is 0.751. The van der Waals surface area contributed by atoms with Crippen molar-refractivity contribution in [1.82, 2.24) is 15.0 Å². The number of rotatable bonds is 2. The molecule has 3 rings (SSSR count). The fraction of sp³-hybridized carbons (Fsp3) is 0.0769. The highest BCUT2D eigenvalue weighted by Gasteiger charge is 2.24. The molecular weight excluding hydrogens is 312 g/mol. The Labute approximate surface area is 127 Å². The van der Waals surface area contributed by atoms with Crippen LogP contribution in [0.2, 0.25) is 0 Å². The third-order valence-electron chi connectivity index (χ3n) is 2.93. The molecule has 21 heavy (non-hydrogen) atoms. The molecule has 8 heteroatoms. The molecule has 6 nitrogen and oxygen atoms in total. The van der Waals surface area contributed by atoms with Gasteiger partial charge in [0.1, 0.15) is 5.52 Å². The van der Waals surface area contributed by atoms with Gasteiger partial charge >= 0.3 is 0 Å². The minimum atomic E-state index is -3.78. The van der Waals surface area contributed by atoms with E-state index in [2.05, 4.69) is 15.0 Å². The van der Waals surface area contributed by atoms with Crippen molar-refractivity contribution in [2.75, 3.05) is 5.73 Å². The topological polar surface area (TPSA) is 102 Å². The molecule has 0 radical (unpaired) electrons. The van der Waals surface area contributed by atoms with Crippen molar-refractivity contribution in [3.8, 4) is 0 Å². The van der Waals surface area contributed by atoms with Crippen molar-refractivity contribution in [3.05, 3.63) is 42.1 Å². The zero-order valence-electron chi connectivity index (χ0n) is 11.1. The highest BCUT2D eigenvalue weighted by atomic mass is 35.5. The standard InChI is InChI=1S/C13H12N4O2S.ClH/c1-8-3-2-4-9(7-8)20(18,19)13-11(14)16-10-5-6-15-12(10)17-13;/h2-7H,1H3,(H2,14,16)(H,15,17);1H. The van der Waals surface area contributed by atoms with Crippen LogP contribution >= 0.6 is 12.4 Å². The molecule has 0 unspecified atom stereocenters. The van der Waals surface area contributed by atoms with Crippen LogP contribution in [0, 0.1) is 6.92 Å². The van der Waals surface area contributed by atoms with E-state index in [-0.39, 0.29) is 28.1 Å². The molecule has 0 spiro atoms. The van der Waals surface area contributed by atoms with Gasteiger partial charge < -0.3 is 10.7 Å². The molecule has 0 aliphatic heterocycles. The van der Waals surface area contributed by atoms with Gasteiger partial charge in [-0.3, -0.25) is 0 Å². The average Bonchev–Trinajstić information content (AvgIpc) is 2.84. The highest BCUT2D eigenvalue weighted by Crippen LogP contribution is 2.25. The van der Waals surface area contributed by atoms with E-state index in [0.717, 1.165) is 5.56 Å². The third kappa shape index (κ3) is 2.57. The first kappa shape index (κ1) is 15.3. The normalized spacial score (nSPS) is 11.3. The molecule has 0 amide bonds. The predicted octanol–water partition coefficient (Wildman–Crippen LogP) is 2.10. The number of hydrogen-bond acceptors (Lipinski definition) is 5. The number of aromatic amines is 1. The molecule has 3 N–H and O–H groups in total. The van der Waals surface area contributed by atoms with Crippen molar-refractivity contribution in [3.63, 3.8) is 0 Å². The number of fused-ring (bicyclic) bond motifs is 1. The molecule has 0 atom stereocenters. The maximum atomic E-state index is 12.6. The van der Waals surface area contributed by atoms with Crippen molar-refractivity contribution < 1.29 is 8.42 Å². The van der Waals surface area contributed by atoms with Gasteiger partial charge in [-0.2, -0.15) is 0 Å². The van der Waals surface area contributed by atoms with Crippen molar-refractivity contribution in [2.45, 2.75) is 16.8 Å². The van der Waals surface area contributed by atoms with E-state index in [0.29, 0.717) is 11.2 Å². The lowest BCUT2D eigenvalue weighted by Gasteiger charge is -2.07. The number of H-pyrrole nitrogens is 1. The number of nitrogens with two attached hydrogens (primary N) is 1. The van der Waals surface area contributed by atoms with Gasteiger partial charge in [0.2, 0.25) is 14.9 Å². The molecule has 2 heterocycles. The smallest absolute Gasteiger partial charge is 0.227 e. The Morgan fingerprint density at radius 1 is 1.19 bits per heavy atom. The van der Waals surface area contributed by atoms with Crippen LogP contribution in [0.25, 0.3) is 11.2 Å². The second-order valence-corrected chi connectivity index (χ2v) is 6.31. The van der Waals surface area contributed by atoms with Crippen LogP contribution < -0.4 is 5.73 Å². The summed E-state index contributed by atoms with van der Waals surface area (Å²) in [5.41, 5.74) is 7.51. The number of anilines is 1. The number of aromatic nitrogens is 3. The molecule has 3 aromatic rings. The molecule has 0 bridgehead atoms. The van der Waals surface area contributed by atoms with E-state index in [1.807, 2.05) is 13.0 Å². The van der Waals surface area contributed by atoms with Crippen molar-refractivity contribution in [2.24, 2.45) is 0 Å². The van der Waals surface area contributed by atoms with Crippen LogP contribution in [0.4, 0.5) is 5.82 Å². The first-order valence-electron chi connectivity index (χ1n) is 5.91. The van der Waals surface area contributed by atoms with Gasteiger partial charge in [0.25, 0.3) is 0 Å². The Morgan fingerprint density at radius 3 is 2.67 bits per heavy atom. The molecular formula is C13H13ClN4O2S. The van der Waals surface area contributed by atoms with Gasteiger partial charge in [0.05, 0.1) is 4.90 Å². The summed E-state index contributed by atoms with van der Waals surface area (Å²) < 4.78 is 25.2. The number of nitrogens with one attached hydrogen (secondary N) is 1. The Kier molecular flexibility index (Phi) is 3.89. The van der Waals surface area contributed by atoms with Gasteiger partial charge in [-0.05, 0) is 30.7 Å². The predicted molar refractivity (Wildman–Crippen MR) is 82.2 cm³/mol. The molecule has 110 valence electrons. The van der Waals surface area contributed by atoms with Gasteiger partial charge in [0, 0.05) is 6.20 Å². The Balaban J connectivity index is 0.00000161. The van der Waals surface area contributed by atoms with E-state index in [9.17, 15) is 8.42 Å². The first-order chi connectivity index (χ1) is 9.48. The molecule has 0 aliphatic rings. The number of aryl methyl sites for hydroxylation is 1. The van der Waals surface area contributed by atoms with Gasteiger partial charge in [-0.15, -0.1) is 12.4 Å². The zero-order valence-corrected chi connectivity index (χ0v) is 12.7. The minimum Gasteiger partial charge on any atom is -0.381 e. The largest absolute Gasteiger partial charge is 0.381 e. The maximum absolute atomic E-state index is 12.6. The van der Waals surface area contributed by atoms with E-state index >= 15 is 0 Å². The zero-order chi connectivity index (χ0) is 14.3. The van der Waals surface area contributed by atoms with Gasteiger partial charge in [-0.25, -0.2) is 18.4 Å². The molecule has 0 aliphatic carbocycles. The van der Waals surface area contributed by atoms with E-state index < -0.39 is 9.84 Å². The minimum absolute atomic E-state index is 0. The number of benzene rings is 1. The van der Waals surface area contributed by atoms with Crippen LogP contribution in [0.1, 0.15) is 5.56 Å². The van der Waals surface area contributed by atoms with E-state index in [1.165, 1.54) is 6.07 Å². The second kappa shape index (κ2) is 5.34. The number of nitrogen functional groups attached to an aromatic ring is 1. The Morgan fingerprint density at radius 2 is 1.95 bits per heavy atom. The summed E-state index contributed by atoms with van der Waals surface area (Å²) in [5.74, 6) is -0.0985. The molecule has 0 fully saturated rings. The second-order valence-electron chi connectivity index (χ2n) is 4.45. The first-order valence-corrected chi connectivity index (χ1v) is 7.39. The van der Waals surface area contributed by atoms with Crippen LogP contribution in [0.3, 0.4) is 0 Å². The third-order valence-corrected chi connectivity index (χ3v) is 4.62. The SMILES string of the molecule is Cc1cccc(S(=O)(=O)c2nc3[nH]ccc3nc2N)c1.Cl. The van der Waals surface area contributed by atoms with Gasteiger partial charge in [0.15, 0.2) is 11.5 Å². The summed E-state index contributed by atoms with van der Waals surface area (Å²) in [4.78, 5) is 11.1. The van der Waals surface area contributed by atoms with E-state index in [1.54, 1.807) is 24.4 Å². The average molecular weight is 325 g/mol. The highest BCUT2D eigenvalue weighted by molar-refractivity contribution is 7.91. The summed E-state index contributed by atoms with van der Waals surface area (Å²) in [5, 5.41) is -0.224. The Hall–Kier alpha value is -2.12. The number of hydrogen-bond donors (Lipinski definition) is 2.